The van der Waals surface area contributed by atoms with Gasteiger partial charge in [0.15, 0.2) is 5.58 Å². The van der Waals surface area contributed by atoms with Crippen molar-refractivity contribution in [2.45, 2.75) is 78.6 Å². The number of hydrogen-bond donors (Lipinski definition) is 0. The fourth-order valence-corrected chi connectivity index (χ4v) is 12.2. The molecular formula is C66H58BN3O. The lowest BCUT2D eigenvalue weighted by Gasteiger charge is -2.45. The lowest BCUT2D eigenvalue weighted by Crippen LogP contribution is -2.61. The monoisotopic (exact) mass is 919 g/mol. The number of rotatable bonds is 5. The molecule has 71 heavy (non-hydrogen) atoms. The number of hydrogen-bond acceptors (Lipinski definition) is 4. The average molecular weight is 920 g/mol. The first-order valence-electron chi connectivity index (χ1n) is 25.3. The molecule has 10 aromatic rings. The van der Waals surface area contributed by atoms with Crippen molar-refractivity contribution in [1.29, 1.82) is 0 Å². The van der Waals surface area contributed by atoms with Gasteiger partial charge in [0.2, 0.25) is 0 Å². The van der Waals surface area contributed by atoms with Gasteiger partial charge in [0, 0.05) is 61.7 Å². The van der Waals surface area contributed by atoms with Crippen LogP contribution in [0.3, 0.4) is 0 Å². The van der Waals surface area contributed by atoms with E-state index in [-0.39, 0.29) is 23.0 Å². The molecule has 0 saturated carbocycles. The number of nitrogens with zero attached hydrogens (tertiary/aromatic N) is 3. The van der Waals surface area contributed by atoms with E-state index in [2.05, 4.69) is 265 Å². The van der Waals surface area contributed by atoms with Crippen LogP contribution in [0.5, 0.6) is 0 Å². The Balaban J connectivity index is 1.10. The Kier molecular flexibility index (Phi) is 9.37. The topological polar surface area (TPSA) is 22.9 Å². The van der Waals surface area contributed by atoms with Gasteiger partial charge in [-0.05, 0) is 152 Å². The fourth-order valence-electron chi connectivity index (χ4n) is 12.2. The molecule has 0 saturated heterocycles. The maximum atomic E-state index is 6.80. The van der Waals surface area contributed by atoms with Crippen molar-refractivity contribution in [3.8, 4) is 11.1 Å². The summed E-state index contributed by atoms with van der Waals surface area (Å²) in [5.74, 6) is 0. The highest BCUT2D eigenvalue weighted by Gasteiger charge is 2.45. The molecule has 0 radical (unpaired) electrons. The molecule has 9 aromatic carbocycles. The predicted octanol–water partition coefficient (Wildman–Crippen LogP) is 16.3. The number of benzene rings is 9. The summed E-state index contributed by atoms with van der Waals surface area (Å²) in [6.45, 7) is 20.8. The third kappa shape index (κ3) is 6.58. The number of furan rings is 1. The van der Waals surface area contributed by atoms with Crippen LogP contribution in [0, 0.1) is 6.92 Å². The Labute approximate surface area is 418 Å². The van der Waals surface area contributed by atoms with Gasteiger partial charge in [0.05, 0.1) is 5.69 Å². The minimum atomic E-state index is -0.115. The Bertz CT molecular complexity index is 3790. The first-order valence-corrected chi connectivity index (χ1v) is 25.3. The SMILES string of the molecule is Cc1cc2c3c(c1)N(c1ccc4c(c1)-c1ccccc1C4(C)C)c1cc(N(c4ccccc4)c4cccc5c4oc4ccccc45)ccc1B3c1cc(C(C)(C)C)ccc1N2c1ccc(C(C)(C)C)cc1. The van der Waals surface area contributed by atoms with Gasteiger partial charge in [-0.1, -0.05) is 165 Å². The lowest BCUT2D eigenvalue weighted by atomic mass is 9.33. The molecule has 0 unspecified atom stereocenters. The summed E-state index contributed by atoms with van der Waals surface area (Å²) in [5.41, 5.74) is 25.0. The fraction of sp³-hybridized carbons (Fsp3) is 0.182. The van der Waals surface area contributed by atoms with E-state index in [1.54, 1.807) is 0 Å². The summed E-state index contributed by atoms with van der Waals surface area (Å²) in [6.07, 6.45) is 0. The molecule has 4 nitrogen and oxygen atoms in total. The molecule has 0 fully saturated rings. The second-order valence-corrected chi connectivity index (χ2v) is 22.7. The highest BCUT2D eigenvalue weighted by molar-refractivity contribution is 7.00. The first kappa shape index (κ1) is 43.3. The van der Waals surface area contributed by atoms with Gasteiger partial charge in [0.1, 0.15) is 5.58 Å². The van der Waals surface area contributed by atoms with E-state index in [4.69, 9.17) is 4.42 Å². The minimum Gasteiger partial charge on any atom is -0.454 e. The molecule has 13 rings (SSSR count). The van der Waals surface area contributed by atoms with E-state index in [1.165, 1.54) is 72.4 Å². The van der Waals surface area contributed by atoms with Crippen LogP contribution in [0.15, 0.2) is 192 Å². The Hall–Kier alpha value is -7.76. The van der Waals surface area contributed by atoms with Crippen molar-refractivity contribution < 1.29 is 4.42 Å². The number of fused-ring (bicyclic) bond motifs is 10. The van der Waals surface area contributed by atoms with E-state index in [9.17, 15) is 0 Å². The quantitative estimate of drug-likeness (QED) is 0.160. The summed E-state index contributed by atoms with van der Waals surface area (Å²) in [5, 5.41) is 2.21. The van der Waals surface area contributed by atoms with E-state index < -0.39 is 0 Å². The third-order valence-electron chi connectivity index (χ3n) is 15.8. The van der Waals surface area contributed by atoms with Gasteiger partial charge >= 0.3 is 0 Å². The van der Waals surface area contributed by atoms with E-state index in [1.807, 2.05) is 0 Å². The van der Waals surface area contributed by atoms with Gasteiger partial charge < -0.3 is 19.1 Å². The maximum absolute atomic E-state index is 6.80. The molecule has 2 aliphatic heterocycles. The van der Waals surface area contributed by atoms with Crippen molar-refractivity contribution in [2.24, 2.45) is 0 Å². The van der Waals surface area contributed by atoms with Gasteiger partial charge in [-0.15, -0.1) is 0 Å². The van der Waals surface area contributed by atoms with Crippen molar-refractivity contribution in [2.75, 3.05) is 14.7 Å². The van der Waals surface area contributed by atoms with E-state index in [0.29, 0.717) is 0 Å². The molecule has 5 heteroatoms. The summed E-state index contributed by atoms with van der Waals surface area (Å²) < 4.78 is 6.80. The standard InChI is InChI=1S/C66H58BN3O/c1-41-36-59-62-60(37-41)70(46-31-33-53-51(39-46)48-20-13-15-23-52(48)66(53,8)9)58-40-47(68(44-18-11-10-12-19-44)57-24-17-22-50-49-21-14-16-25-61(49)71-63(50)57)32-34-54(58)67(62)55-38-43(65(5,6)7)28-35-56(55)69(59)45-29-26-42(27-30-45)64(2,3)4/h10-40H,1-9H3. The van der Waals surface area contributed by atoms with E-state index in [0.717, 1.165) is 56.1 Å². The molecule has 0 spiro atoms. The van der Waals surface area contributed by atoms with Crippen LogP contribution < -0.4 is 31.1 Å². The molecule has 346 valence electrons. The minimum absolute atomic E-state index is 0.0386. The van der Waals surface area contributed by atoms with Gasteiger partial charge in [-0.3, -0.25) is 0 Å². The number of anilines is 9. The first-order chi connectivity index (χ1) is 34.1. The highest BCUT2D eigenvalue weighted by atomic mass is 16.3. The molecular weight excluding hydrogens is 862 g/mol. The molecule has 3 aliphatic rings. The number of aryl methyl sites for hydroxylation is 1. The third-order valence-corrected chi connectivity index (χ3v) is 15.8. The molecule has 0 atom stereocenters. The highest BCUT2D eigenvalue weighted by Crippen LogP contribution is 2.53. The zero-order valence-corrected chi connectivity index (χ0v) is 42.2. The van der Waals surface area contributed by atoms with Gasteiger partial charge in [-0.2, -0.15) is 0 Å². The second kappa shape index (κ2) is 15.4. The average Bonchev–Trinajstić information content (AvgIpc) is 3.86. The lowest BCUT2D eigenvalue weighted by molar-refractivity contribution is 0.590. The molecule has 3 heterocycles. The van der Waals surface area contributed by atoms with Crippen molar-refractivity contribution in [1.82, 2.24) is 0 Å². The second-order valence-electron chi connectivity index (χ2n) is 22.7. The van der Waals surface area contributed by atoms with Crippen LogP contribution in [0.1, 0.15) is 83.2 Å². The summed E-state index contributed by atoms with van der Waals surface area (Å²) >= 11 is 0. The van der Waals surface area contributed by atoms with Crippen LogP contribution in [-0.2, 0) is 16.2 Å². The van der Waals surface area contributed by atoms with Crippen LogP contribution in [0.2, 0.25) is 0 Å². The zero-order chi connectivity index (χ0) is 48.7. The van der Waals surface area contributed by atoms with Crippen LogP contribution in [-0.4, -0.2) is 6.71 Å². The largest absolute Gasteiger partial charge is 0.454 e. The smallest absolute Gasteiger partial charge is 0.252 e. The van der Waals surface area contributed by atoms with Crippen molar-refractivity contribution in [3.05, 3.63) is 216 Å². The normalized spacial score (nSPS) is 14.3. The van der Waals surface area contributed by atoms with Crippen LogP contribution in [0.4, 0.5) is 51.2 Å². The molecule has 1 aliphatic carbocycles. The molecule has 1 aromatic heterocycles. The maximum Gasteiger partial charge on any atom is 0.252 e. The molecule has 0 amide bonds. The van der Waals surface area contributed by atoms with Gasteiger partial charge in [0.25, 0.3) is 6.71 Å². The van der Waals surface area contributed by atoms with Crippen LogP contribution >= 0.6 is 0 Å². The van der Waals surface area contributed by atoms with Crippen LogP contribution in [0.25, 0.3) is 33.1 Å². The van der Waals surface area contributed by atoms with Crippen molar-refractivity contribution in [3.63, 3.8) is 0 Å². The predicted molar refractivity (Wildman–Crippen MR) is 302 cm³/mol. The Morgan fingerprint density at radius 3 is 1.89 bits per heavy atom. The Morgan fingerprint density at radius 1 is 0.479 bits per heavy atom. The number of para-hydroxylation sites is 3. The Morgan fingerprint density at radius 2 is 1.13 bits per heavy atom. The zero-order valence-electron chi connectivity index (χ0n) is 42.2. The molecule has 0 bridgehead atoms. The van der Waals surface area contributed by atoms with E-state index >= 15 is 0 Å². The summed E-state index contributed by atoms with van der Waals surface area (Å²) in [7, 11) is 0. The summed E-state index contributed by atoms with van der Waals surface area (Å²) in [6, 6.07) is 70.6. The van der Waals surface area contributed by atoms with Gasteiger partial charge in [-0.25, -0.2) is 0 Å². The van der Waals surface area contributed by atoms with Crippen molar-refractivity contribution >= 4 is 96.2 Å². The summed E-state index contributed by atoms with van der Waals surface area (Å²) in [4.78, 5) is 7.51. The molecule has 0 N–H and O–H groups in total.